The van der Waals surface area contributed by atoms with Crippen LogP contribution in [0, 0.1) is 28.5 Å². The molecular formula is C22H16FN9O. The molecule has 2 heterocycles. The first kappa shape index (κ1) is 21.2. The molecule has 2 aromatic carbocycles. The first-order valence-electron chi connectivity index (χ1n) is 9.71. The Bertz CT molecular complexity index is 1520. The van der Waals surface area contributed by atoms with E-state index in [2.05, 4.69) is 20.3 Å². The van der Waals surface area contributed by atoms with Gasteiger partial charge < -0.3 is 16.8 Å². The molecule has 4 rings (SSSR count). The predicted octanol–water partition coefficient (Wildman–Crippen LogP) is 1.88. The standard InChI is InChI=1S/C22H16FN9O/c23-15-7-6-12(10-24)17-18(15)29-16(32(21(17)33)13-4-2-1-3-5-13)8-9-28-20-14(11-25)19(26)30-22(27)31-20/h1-7H,8-9H2,(H5,26,27,28,30,31). The molecule has 0 aliphatic rings. The number of benzene rings is 2. The number of nitrogens with two attached hydrogens (primary N) is 2. The molecule has 0 saturated carbocycles. The number of halogens is 1. The smallest absolute Gasteiger partial charge is 0.267 e. The van der Waals surface area contributed by atoms with Crippen LogP contribution < -0.4 is 22.3 Å². The number of fused-ring (bicyclic) bond motifs is 1. The van der Waals surface area contributed by atoms with E-state index in [1.54, 1.807) is 30.3 Å². The number of nitrogen functional groups attached to an aromatic ring is 2. The van der Waals surface area contributed by atoms with Crippen LogP contribution in [0.2, 0.25) is 0 Å². The normalized spacial score (nSPS) is 10.5. The summed E-state index contributed by atoms with van der Waals surface area (Å²) in [7, 11) is 0. The molecule has 0 unspecified atom stereocenters. The Balaban J connectivity index is 1.81. The molecule has 5 N–H and O–H groups in total. The van der Waals surface area contributed by atoms with Gasteiger partial charge in [0.1, 0.15) is 40.7 Å². The number of rotatable bonds is 5. The monoisotopic (exact) mass is 441 g/mol. The minimum atomic E-state index is -0.710. The topological polar surface area (TPSA) is 172 Å². The summed E-state index contributed by atoms with van der Waals surface area (Å²) in [6.45, 7) is 0.162. The quantitative estimate of drug-likeness (QED) is 0.418. The Morgan fingerprint density at radius 2 is 1.79 bits per heavy atom. The Hall–Kier alpha value is -5.03. The van der Waals surface area contributed by atoms with E-state index < -0.39 is 11.4 Å². The Labute approximate surface area is 186 Å². The zero-order valence-electron chi connectivity index (χ0n) is 17.1. The van der Waals surface area contributed by atoms with E-state index in [9.17, 15) is 19.7 Å². The summed E-state index contributed by atoms with van der Waals surface area (Å²) in [6.07, 6.45) is 0.144. The van der Waals surface area contributed by atoms with Gasteiger partial charge in [-0.05, 0) is 24.3 Å². The highest BCUT2D eigenvalue weighted by Crippen LogP contribution is 2.21. The van der Waals surface area contributed by atoms with E-state index >= 15 is 0 Å². The van der Waals surface area contributed by atoms with Crippen molar-refractivity contribution >= 4 is 28.5 Å². The van der Waals surface area contributed by atoms with Gasteiger partial charge in [-0.3, -0.25) is 9.36 Å². The van der Waals surface area contributed by atoms with Crippen molar-refractivity contribution in [3.63, 3.8) is 0 Å². The molecule has 2 aromatic heterocycles. The minimum Gasteiger partial charge on any atom is -0.382 e. The molecule has 0 atom stereocenters. The van der Waals surface area contributed by atoms with Gasteiger partial charge >= 0.3 is 0 Å². The highest BCUT2D eigenvalue weighted by Gasteiger charge is 2.18. The van der Waals surface area contributed by atoms with Gasteiger partial charge in [-0.15, -0.1) is 0 Å². The van der Waals surface area contributed by atoms with Gasteiger partial charge in [-0.1, -0.05) is 18.2 Å². The van der Waals surface area contributed by atoms with Crippen molar-refractivity contribution in [3.05, 3.63) is 75.6 Å². The SMILES string of the molecule is N#Cc1c(N)nc(N)nc1NCCc1nc2c(F)ccc(C#N)c2c(=O)n1-c1ccccc1. The van der Waals surface area contributed by atoms with Crippen molar-refractivity contribution in [2.24, 2.45) is 0 Å². The molecule has 0 bridgehead atoms. The summed E-state index contributed by atoms with van der Waals surface area (Å²) in [4.78, 5) is 25.5. The minimum absolute atomic E-state index is 0.0285. The van der Waals surface area contributed by atoms with E-state index in [1.165, 1.54) is 10.6 Å². The Morgan fingerprint density at radius 1 is 1.03 bits per heavy atom. The van der Waals surface area contributed by atoms with Crippen LogP contribution in [0.25, 0.3) is 16.6 Å². The number of anilines is 3. The number of aromatic nitrogens is 4. The molecule has 11 heteroatoms. The largest absolute Gasteiger partial charge is 0.382 e. The van der Waals surface area contributed by atoms with Crippen molar-refractivity contribution in [2.75, 3.05) is 23.3 Å². The average molecular weight is 441 g/mol. The van der Waals surface area contributed by atoms with E-state index in [0.29, 0.717) is 5.69 Å². The lowest BCUT2D eigenvalue weighted by atomic mass is 10.1. The van der Waals surface area contributed by atoms with Crippen molar-refractivity contribution in [1.82, 2.24) is 19.5 Å². The van der Waals surface area contributed by atoms with Crippen molar-refractivity contribution in [1.29, 1.82) is 10.5 Å². The molecule has 162 valence electrons. The summed E-state index contributed by atoms with van der Waals surface area (Å²) < 4.78 is 15.9. The van der Waals surface area contributed by atoms with Gasteiger partial charge in [0.15, 0.2) is 5.82 Å². The van der Waals surface area contributed by atoms with Crippen molar-refractivity contribution in [2.45, 2.75) is 6.42 Å². The van der Waals surface area contributed by atoms with Crippen LogP contribution in [0.15, 0.2) is 47.3 Å². The lowest BCUT2D eigenvalue weighted by Gasteiger charge is -2.15. The zero-order valence-corrected chi connectivity index (χ0v) is 17.1. The first-order chi connectivity index (χ1) is 15.9. The van der Waals surface area contributed by atoms with Gasteiger partial charge in [0.2, 0.25) is 5.95 Å². The molecule has 0 aliphatic carbocycles. The van der Waals surface area contributed by atoms with Crippen LogP contribution in [0.4, 0.5) is 22.0 Å². The molecule has 0 spiro atoms. The molecule has 0 amide bonds. The Kier molecular flexibility index (Phi) is 5.53. The van der Waals surface area contributed by atoms with Gasteiger partial charge in [-0.2, -0.15) is 20.5 Å². The number of nitrogens with one attached hydrogen (secondary N) is 1. The molecule has 4 aromatic rings. The Morgan fingerprint density at radius 3 is 2.48 bits per heavy atom. The molecule has 0 saturated heterocycles. The molecule has 10 nitrogen and oxygen atoms in total. The lowest BCUT2D eigenvalue weighted by molar-refractivity contribution is 0.634. The summed E-state index contributed by atoms with van der Waals surface area (Å²) in [5.74, 6) is -0.504. The van der Waals surface area contributed by atoms with Gasteiger partial charge in [0.25, 0.3) is 5.56 Å². The molecule has 0 aliphatic heterocycles. The summed E-state index contributed by atoms with van der Waals surface area (Å²) in [5, 5.41) is 21.6. The number of nitrogens with zero attached hydrogens (tertiary/aromatic N) is 6. The summed E-state index contributed by atoms with van der Waals surface area (Å²) >= 11 is 0. The van der Waals surface area contributed by atoms with Crippen LogP contribution >= 0.6 is 0 Å². The van der Waals surface area contributed by atoms with Crippen LogP contribution in [0.1, 0.15) is 17.0 Å². The predicted molar refractivity (Wildman–Crippen MR) is 120 cm³/mol. The molecule has 0 fully saturated rings. The number of nitriles is 2. The third-order valence-electron chi connectivity index (χ3n) is 4.89. The van der Waals surface area contributed by atoms with Crippen molar-refractivity contribution < 1.29 is 4.39 Å². The fourth-order valence-corrected chi connectivity index (χ4v) is 3.43. The van der Waals surface area contributed by atoms with Crippen LogP contribution in [0.3, 0.4) is 0 Å². The second-order valence-electron chi connectivity index (χ2n) is 6.91. The summed E-state index contributed by atoms with van der Waals surface area (Å²) in [5.41, 5.74) is 11.2. The fraction of sp³-hybridized carbons (Fsp3) is 0.0909. The number of hydrogen-bond donors (Lipinski definition) is 3. The maximum absolute atomic E-state index is 14.6. The lowest BCUT2D eigenvalue weighted by Crippen LogP contribution is -2.26. The summed E-state index contributed by atoms with van der Waals surface area (Å²) in [6, 6.07) is 14.9. The number of hydrogen-bond acceptors (Lipinski definition) is 9. The average Bonchev–Trinajstić information content (AvgIpc) is 2.80. The highest BCUT2D eigenvalue weighted by atomic mass is 19.1. The fourth-order valence-electron chi connectivity index (χ4n) is 3.43. The first-order valence-corrected chi connectivity index (χ1v) is 9.71. The molecule has 33 heavy (non-hydrogen) atoms. The van der Waals surface area contributed by atoms with Gasteiger partial charge in [0, 0.05) is 13.0 Å². The van der Waals surface area contributed by atoms with Crippen molar-refractivity contribution in [3.8, 4) is 17.8 Å². The third-order valence-corrected chi connectivity index (χ3v) is 4.89. The zero-order chi connectivity index (χ0) is 23.5. The van der Waals surface area contributed by atoms with Crippen LogP contribution in [0.5, 0.6) is 0 Å². The second kappa shape index (κ2) is 8.61. The van der Waals surface area contributed by atoms with E-state index in [0.717, 1.165) is 6.07 Å². The molecule has 0 radical (unpaired) electrons. The van der Waals surface area contributed by atoms with E-state index in [-0.39, 0.29) is 58.4 Å². The van der Waals surface area contributed by atoms with Crippen LogP contribution in [-0.2, 0) is 6.42 Å². The van der Waals surface area contributed by atoms with Crippen LogP contribution in [-0.4, -0.2) is 26.1 Å². The molecular weight excluding hydrogens is 425 g/mol. The highest BCUT2D eigenvalue weighted by molar-refractivity contribution is 5.84. The van der Waals surface area contributed by atoms with Gasteiger partial charge in [-0.25, -0.2) is 9.37 Å². The third kappa shape index (κ3) is 3.86. The second-order valence-corrected chi connectivity index (χ2v) is 6.91. The maximum Gasteiger partial charge on any atom is 0.267 e. The number of para-hydroxylation sites is 1. The van der Waals surface area contributed by atoms with E-state index in [4.69, 9.17) is 11.5 Å². The maximum atomic E-state index is 14.6. The van der Waals surface area contributed by atoms with Gasteiger partial charge in [0.05, 0.1) is 16.6 Å². The van der Waals surface area contributed by atoms with E-state index in [1.807, 2.05) is 12.1 Å².